The van der Waals surface area contributed by atoms with E-state index in [2.05, 4.69) is 11.4 Å². The second kappa shape index (κ2) is 5.06. The van der Waals surface area contributed by atoms with Gasteiger partial charge in [0.25, 0.3) is 0 Å². The van der Waals surface area contributed by atoms with E-state index in [4.69, 9.17) is 5.73 Å². The third-order valence-corrected chi connectivity index (χ3v) is 2.43. The number of carbonyl (C=O) groups is 1. The van der Waals surface area contributed by atoms with E-state index >= 15 is 0 Å². The van der Waals surface area contributed by atoms with Gasteiger partial charge in [-0.3, -0.25) is 4.79 Å². The molecule has 0 aliphatic carbocycles. The lowest BCUT2D eigenvalue weighted by Crippen LogP contribution is -2.08. The fraction of sp³-hybridized carbons (Fsp3) is 0.444. The van der Waals surface area contributed by atoms with Gasteiger partial charge in [0.05, 0.1) is 0 Å². The third kappa shape index (κ3) is 3.15. The molecule has 0 atom stereocenters. The van der Waals surface area contributed by atoms with Crippen molar-refractivity contribution in [3.05, 3.63) is 22.4 Å². The van der Waals surface area contributed by atoms with Gasteiger partial charge in [-0.2, -0.15) is 11.3 Å². The van der Waals surface area contributed by atoms with Crippen LogP contribution in [0.4, 0.5) is 0 Å². The van der Waals surface area contributed by atoms with Crippen LogP contribution in [0.1, 0.15) is 18.4 Å². The predicted molar refractivity (Wildman–Crippen MR) is 51.3 cm³/mol. The van der Waals surface area contributed by atoms with Crippen LogP contribution in [0.3, 0.4) is 0 Å². The largest absolute Gasteiger partial charge is 0.330 e. The lowest BCUT2D eigenvalue weighted by molar-refractivity contribution is -0.118. The molecule has 1 heterocycles. The van der Waals surface area contributed by atoms with Crippen LogP contribution in [0.5, 0.6) is 0 Å². The van der Waals surface area contributed by atoms with E-state index in [9.17, 15) is 4.79 Å². The Morgan fingerprint density at radius 2 is 2.33 bits per heavy atom. The highest BCUT2D eigenvalue weighted by Crippen LogP contribution is 2.08. The van der Waals surface area contributed by atoms with Crippen molar-refractivity contribution in [2.45, 2.75) is 19.3 Å². The molecule has 0 radical (unpaired) electrons. The normalized spacial score (nSPS) is 10.1. The first-order valence-corrected chi connectivity index (χ1v) is 5.00. The van der Waals surface area contributed by atoms with Crippen molar-refractivity contribution in [2.75, 3.05) is 6.54 Å². The summed E-state index contributed by atoms with van der Waals surface area (Å²) in [4.78, 5) is 11.1. The molecule has 0 fully saturated rings. The SMILES string of the molecule is NCCC(=O)CCc1ccsc1. The van der Waals surface area contributed by atoms with E-state index in [1.165, 1.54) is 5.56 Å². The average molecular weight is 183 g/mol. The summed E-state index contributed by atoms with van der Waals surface area (Å²) in [6.07, 6.45) is 2.01. The minimum absolute atomic E-state index is 0.267. The molecule has 0 amide bonds. The number of rotatable bonds is 5. The maximum atomic E-state index is 11.1. The third-order valence-electron chi connectivity index (χ3n) is 1.70. The number of ketones is 1. The molecule has 0 aliphatic heterocycles. The van der Waals surface area contributed by atoms with Crippen molar-refractivity contribution in [3.63, 3.8) is 0 Å². The molecular formula is C9H13NOS. The molecule has 2 N–H and O–H groups in total. The minimum atomic E-state index is 0.267. The van der Waals surface area contributed by atoms with Gasteiger partial charge in [-0.1, -0.05) is 0 Å². The van der Waals surface area contributed by atoms with Crippen molar-refractivity contribution >= 4 is 17.1 Å². The molecule has 66 valence electrons. The number of aryl methyl sites for hydroxylation is 1. The molecule has 3 heteroatoms. The second-order valence-corrected chi connectivity index (χ2v) is 3.49. The van der Waals surface area contributed by atoms with Crippen molar-refractivity contribution in [1.82, 2.24) is 0 Å². The van der Waals surface area contributed by atoms with E-state index in [0.29, 0.717) is 19.4 Å². The van der Waals surface area contributed by atoms with Crippen molar-refractivity contribution < 1.29 is 4.79 Å². The molecule has 0 bridgehead atoms. The first-order valence-electron chi connectivity index (χ1n) is 4.06. The van der Waals surface area contributed by atoms with Gasteiger partial charge in [-0.15, -0.1) is 0 Å². The van der Waals surface area contributed by atoms with E-state index in [0.717, 1.165) is 6.42 Å². The van der Waals surface area contributed by atoms with Gasteiger partial charge in [0.15, 0.2) is 0 Å². The number of thiophene rings is 1. The van der Waals surface area contributed by atoms with Gasteiger partial charge in [0.1, 0.15) is 5.78 Å². The number of hydrogen-bond acceptors (Lipinski definition) is 3. The smallest absolute Gasteiger partial charge is 0.134 e. The first-order chi connectivity index (χ1) is 5.83. The van der Waals surface area contributed by atoms with E-state index < -0.39 is 0 Å². The minimum Gasteiger partial charge on any atom is -0.330 e. The van der Waals surface area contributed by atoms with Gasteiger partial charge in [0.2, 0.25) is 0 Å². The van der Waals surface area contributed by atoms with E-state index in [1.54, 1.807) is 11.3 Å². The predicted octanol–water partition coefficient (Wildman–Crippen LogP) is 1.60. The zero-order valence-electron chi connectivity index (χ0n) is 6.95. The highest BCUT2D eigenvalue weighted by molar-refractivity contribution is 7.07. The molecule has 1 aromatic heterocycles. The van der Waals surface area contributed by atoms with Crippen molar-refractivity contribution in [2.24, 2.45) is 5.73 Å². The molecule has 12 heavy (non-hydrogen) atoms. The summed E-state index contributed by atoms with van der Waals surface area (Å²) in [5, 5.41) is 4.11. The summed E-state index contributed by atoms with van der Waals surface area (Å²) in [5.74, 6) is 0.267. The molecule has 2 nitrogen and oxygen atoms in total. The van der Waals surface area contributed by atoms with Gasteiger partial charge in [-0.05, 0) is 35.4 Å². The molecule has 0 unspecified atom stereocenters. The van der Waals surface area contributed by atoms with Crippen LogP contribution in [0, 0.1) is 0 Å². The van der Waals surface area contributed by atoms with Crippen LogP contribution in [0.25, 0.3) is 0 Å². The Hall–Kier alpha value is -0.670. The van der Waals surface area contributed by atoms with Crippen LogP contribution in [0.2, 0.25) is 0 Å². The highest BCUT2D eigenvalue weighted by atomic mass is 32.1. The van der Waals surface area contributed by atoms with Gasteiger partial charge in [0, 0.05) is 12.8 Å². The molecule has 1 rings (SSSR count). The lowest BCUT2D eigenvalue weighted by atomic mass is 10.1. The van der Waals surface area contributed by atoms with Gasteiger partial charge < -0.3 is 5.73 Å². The average Bonchev–Trinajstić information content (AvgIpc) is 2.53. The van der Waals surface area contributed by atoms with Crippen molar-refractivity contribution in [1.29, 1.82) is 0 Å². The standard InChI is InChI=1S/C9H13NOS/c10-5-3-9(11)2-1-8-4-6-12-7-8/h4,6-7H,1-3,5,10H2. The van der Waals surface area contributed by atoms with Crippen LogP contribution >= 0.6 is 11.3 Å². The lowest BCUT2D eigenvalue weighted by Gasteiger charge is -1.96. The summed E-state index contributed by atoms with van der Waals surface area (Å²) < 4.78 is 0. The van der Waals surface area contributed by atoms with Crippen molar-refractivity contribution in [3.8, 4) is 0 Å². The summed E-state index contributed by atoms with van der Waals surface area (Å²) >= 11 is 1.67. The van der Waals surface area contributed by atoms with Gasteiger partial charge in [-0.25, -0.2) is 0 Å². The number of carbonyl (C=O) groups excluding carboxylic acids is 1. The Balaban J connectivity index is 2.22. The second-order valence-electron chi connectivity index (χ2n) is 2.71. The Labute approximate surface area is 76.4 Å². The van der Waals surface area contributed by atoms with E-state index in [1.807, 2.05) is 5.38 Å². The zero-order chi connectivity index (χ0) is 8.81. The Bertz CT molecular complexity index is 231. The molecule has 0 spiro atoms. The molecule has 0 aliphatic rings. The highest BCUT2D eigenvalue weighted by Gasteiger charge is 2.00. The number of hydrogen-bond donors (Lipinski definition) is 1. The van der Waals surface area contributed by atoms with Crippen LogP contribution in [-0.2, 0) is 11.2 Å². The fourth-order valence-corrected chi connectivity index (χ4v) is 1.71. The fourth-order valence-electron chi connectivity index (χ4n) is 1.00. The molecule has 0 aromatic carbocycles. The number of nitrogens with two attached hydrogens (primary N) is 1. The molecular weight excluding hydrogens is 170 g/mol. The topological polar surface area (TPSA) is 43.1 Å². The van der Waals surface area contributed by atoms with Crippen LogP contribution in [0.15, 0.2) is 16.8 Å². The molecule has 1 aromatic rings. The first kappa shape index (κ1) is 9.42. The Morgan fingerprint density at radius 3 is 2.92 bits per heavy atom. The summed E-state index contributed by atoms with van der Waals surface area (Å²) in [6, 6.07) is 2.06. The number of Topliss-reactive ketones (excluding diaryl/α,β-unsaturated/α-hetero) is 1. The summed E-state index contributed by atoms with van der Waals surface area (Å²) in [5.41, 5.74) is 6.51. The van der Waals surface area contributed by atoms with Gasteiger partial charge >= 0.3 is 0 Å². The Morgan fingerprint density at radius 1 is 1.50 bits per heavy atom. The quantitative estimate of drug-likeness (QED) is 0.753. The summed E-state index contributed by atoms with van der Waals surface area (Å²) in [6.45, 7) is 0.475. The maximum Gasteiger partial charge on any atom is 0.134 e. The van der Waals surface area contributed by atoms with Crippen LogP contribution < -0.4 is 5.73 Å². The molecule has 0 saturated heterocycles. The summed E-state index contributed by atoms with van der Waals surface area (Å²) in [7, 11) is 0. The zero-order valence-corrected chi connectivity index (χ0v) is 7.77. The Kier molecular flexibility index (Phi) is 3.97. The maximum absolute atomic E-state index is 11.1. The monoisotopic (exact) mass is 183 g/mol. The van der Waals surface area contributed by atoms with Crippen LogP contribution in [-0.4, -0.2) is 12.3 Å². The van der Waals surface area contributed by atoms with E-state index in [-0.39, 0.29) is 5.78 Å². The molecule has 0 saturated carbocycles.